The molecule has 0 N–H and O–H groups in total. The highest BCUT2D eigenvalue weighted by Gasteiger charge is 2.13. The molecule has 18 heavy (non-hydrogen) atoms. The molecule has 0 saturated carbocycles. The van der Waals surface area contributed by atoms with Gasteiger partial charge in [-0.25, -0.2) is 4.98 Å². The van der Waals surface area contributed by atoms with E-state index in [0.29, 0.717) is 24.8 Å². The second-order valence-corrected chi connectivity index (χ2v) is 4.44. The van der Waals surface area contributed by atoms with Gasteiger partial charge in [0.15, 0.2) is 0 Å². The van der Waals surface area contributed by atoms with Crippen molar-refractivity contribution in [1.82, 2.24) is 9.55 Å². The number of aromatic nitrogens is 2. The quantitative estimate of drug-likeness (QED) is 0.829. The van der Waals surface area contributed by atoms with Crippen LogP contribution in [0, 0.1) is 11.3 Å². The van der Waals surface area contributed by atoms with Gasteiger partial charge in [-0.1, -0.05) is 0 Å². The number of benzene rings is 1. The molecule has 0 fully saturated rings. The highest BCUT2D eigenvalue weighted by Crippen LogP contribution is 2.22. The first kappa shape index (κ1) is 12.6. The molecule has 2 aromatic rings. The Morgan fingerprint density at radius 2 is 2.22 bits per heavy atom. The molecule has 4 nitrogen and oxygen atoms in total. The van der Waals surface area contributed by atoms with Gasteiger partial charge in [-0.3, -0.25) is 0 Å². The zero-order valence-corrected chi connectivity index (χ0v) is 11.0. The Hall–Kier alpha value is -1.86. The van der Waals surface area contributed by atoms with Crippen LogP contribution in [-0.2, 0) is 11.3 Å². The van der Waals surface area contributed by atoms with Crippen LogP contribution in [0.5, 0.6) is 0 Å². The Morgan fingerprint density at radius 3 is 2.83 bits per heavy atom. The fraction of sp³-hybridized carbons (Fsp3) is 0.429. The van der Waals surface area contributed by atoms with Crippen LogP contribution in [0.4, 0.5) is 0 Å². The molecule has 0 aliphatic heterocycles. The van der Waals surface area contributed by atoms with E-state index in [1.165, 1.54) is 0 Å². The Labute approximate surface area is 107 Å². The van der Waals surface area contributed by atoms with Crippen LogP contribution in [0.1, 0.15) is 38.2 Å². The number of imidazole rings is 1. The number of ether oxygens (including phenoxy) is 1. The molecular formula is C14H17N3O. The maximum Gasteiger partial charge on any atom is 0.136 e. The average molecular weight is 243 g/mol. The zero-order chi connectivity index (χ0) is 13.1. The third kappa shape index (κ3) is 2.22. The van der Waals surface area contributed by atoms with Crippen LogP contribution in [0.3, 0.4) is 0 Å². The molecule has 0 saturated heterocycles. The van der Waals surface area contributed by atoms with Gasteiger partial charge in [-0.05, 0) is 39.0 Å². The lowest BCUT2D eigenvalue weighted by atomic mass is 10.2. The number of hydrogen-bond acceptors (Lipinski definition) is 3. The predicted octanol–water partition coefficient (Wildman–Crippen LogP) is 3.03. The zero-order valence-electron chi connectivity index (χ0n) is 11.0. The van der Waals surface area contributed by atoms with Gasteiger partial charge in [-0.15, -0.1) is 0 Å². The molecule has 2 rings (SSSR count). The summed E-state index contributed by atoms with van der Waals surface area (Å²) in [6.07, 6.45) is 0. The summed E-state index contributed by atoms with van der Waals surface area (Å²) >= 11 is 0. The standard InChI is InChI=1S/C14H17N3O/c1-4-18-9-14-16-12-7-11(8-15)5-6-13(12)17(14)10(2)3/h5-7,10H,4,9H2,1-3H3. The van der Waals surface area contributed by atoms with Gasteiger partial charge in [0.05, 0.1) is 22.7 Å². The monoisotopic (exact) mass is 243 g/mol. The molecule has 0 spiro atoms. The van der Waals surface area contributed by atoms with Crippen molar-refractivity contribution in [1.29, 1.82) is 5.26 Å². The van der Waals surface area contributed by atoms with Crippen molar-refractivity contribution in [3.8, 4) is 6.07 Å². The predicted molar refractivity (Wildman–Crippen MR) is 70.2 cm³/mol. The van der Waals surface area contributed by atoms with Gasteiger partial charge in [0.1, 0.15) is 12.4 Å². The van der Waals surface area contributed by atoms with Crippen molar-refractivity contribution in [2.45, 2.75) is 33.4 Å². The Kier molecular flexibility index (Phi) is 3.63. The van der Waals surface area contributed by atoms with Crippen molar-refractivity contribution in [2.75, 3.05) is 6.61 Å². The summed E-state index contributed by atoms with van der Waals surface area (Å²) in [7, 11) is 0. The maximum atomic E-state index is 8.91. The van der Waals surface area contributed by atoms with E-state index in [9.17, 15) is 0 Å². The van der Waals surface area contributed by atoms with E-state index >= 15 is 0 Å². The maximum absolute atomic E-state index is 8.91. The molecular weight excluding hydrogens is 226 g/mol. The SMILES string of the molecule is CCOCc1nc2cc(C#N)ccc2n1C(C)C. The van der Waals surface area contributed by atoms with Crippen LogP contribution >= 0.6 is 0 Å². The Balaban J connectivity index is 2.56. The third-order valence-electron chi connectivity index (χ3n) is 2.84. The van der Waals surface area contributed by atoms with E-state index in [1.54, 1.807) is 0 Å². The Bertz CT molecular complexity index is 593. The number of rotatable bonds is 4. The molecule has 0 unspecified atom stereocenters. The third-order valence-corrected chi connectivity index (χ3v) is 2.84. The van der Waals surface area contributed by atoms with E-state index in [2.05, 4.69) is 29.5 Å². The number of nitriles is 1. The van der Waals surface area contributed by atoms with Gasteiger partial charge in [0.25, 0.3) is 0 Å². The van der Waals surface area contributed by atoms with E-state index in [-0.39, 0.29) is 0 Å². The first-order chi connectivity index (χ1) is 8.67. The fourth-order valence-electron chi connectivity index (χ4n) is 2.09. The lowest BCUT2D eigenvalue weighted by Gasteiger charge is -2.12. The van der Waals surface area contributed by atoms with Gasteiger partial charge >= 0.3 is 0 Å². The van der Waals surface area contributed by atoms with Crippen LogP contribution in [0.2, 0.25) is 0 Å². The first-order valence-corrected chi connectivity index (χ1v) is 6.16. The van der Waals surface area contributed by atoms with E-state index in [0.717, 1.165) is 16.9 Å². The molecule has 0 bridgehead atoms. The summed E-state index contributed by atoms with van der Waals surface area (Å²) in [6, 6.07) is 8.06. The van der Waals surface area contributed by atoms with Crippen LogP contribution in [0.25, 0.3) is 11.0 Å². The number of fused-ring (bicyclic) bond motifs is 1. The smallest absolute Gasteiger partial charge is 0.136 e. The summed E-state index contributed by atoms with van der Waals surface area (Å²) in [5, 5.41) is 8.91. The van der Waals surface area contributed by atoms with E-state index in [4.69, 9.17) is 10.00 Å². The van der Waals surface area contributed by atoms with Crippen molar-refractivity contribution < 1.29 is 4.74 Å². The molecule has 1 heterocycles. The topological polar surface area (TPSA) is 50.8 Å². The highest BCUT2D eigenvalue weighted by atomic mass is 16.5. The lowest BCUT2D eigenvalue weighted by molar-refractivity contribution is 0.125. The molecule has 4 heteroatoms. The van der Waals surface area contributed by atoms with Crippen molar-refractivity contribution >= 4 is 11.0 Å². The van der Waals surface area contributed by atoms with Crippen molar-refractivity contribution in [2.24, 2.45) is 0 Å². The number of hydrogen-bond donors (Lipinski definition) is 0. The van der Waals surface area contributed by atoms with E-state index < -0.39 is 0 Å². The molecule has 94 valence electrons. The Morgan fingerprint density at radius 1 is 1.44 bits per heavy atom. The van der Waals surface area contributed by atoms with Gasteiger partial charge in [0, 0.05) is 12.6 Å². The summed E-state index contributed by atoms with van der Waals surface area (Å²) in [6.45, 7) is 7.38. The lowest BCUT2D eigenvalue weighted by Crippen LogP contribution is -2.07. The number of nitrogens with zero attached hydrogens (tertiary/aromatic N) is 3. The molecule has 0 radical (unpaired) electrons. The average Bonchev–Trinajstić information content (AvgIpc) is 2.73. The summed E-state index contributed by atoms with van der Waals surface area (Å²) in [4.78, 5) is 4.57. The minimum atomic E-state index is 0.318. The van der Waals surface area contributed by atoms with Crippen LogP contribution in [0.15, 0.2) is 18.2 Å². The summed E-state index contributed by atoms with van der Waals surface area (Å²) in [5.41, 5.74) is 2.55. The largest absolute Gasteiger partial charge is 0.374 e. The summed E-state index contributed by atoms with van der Waals surface area (Å²) in [5.74, 6) is 0.914. The fourth-order valence-corrected chi connectivity index (χ4v) is 2.09. The van der Waals surface area contributed by atoms with Crippen LogP contribution < -0.4 is 0 Å². The first-order valence-electron chi connectivity index (χ1n) is 6.16. The van der Waals surface area contributed by atoms with Crippen molar-refractivity contribution in [3.05, 3.63) is 29.6 Å². The molecule has 1 aromatic heterocycles. The summed E-state index contributed by atoms with van der Waals surface area (Å²) < 4.78 is 7.61. The van der Waals surface area contributed by atoms with Gasteiger partial charge in [-0.2, -0.15) is 5.26 Å². The second kappa shape index (κ2) is 5.19. The molecule has 0 amide bonds. The second-order valence-electron chi connectivity index (χ2n) is 4.44. The van der Waals surface area contributed by atoms with E-state index in [1.807, 2.05) is 25.1 Å². The van der Waals surface area contributed by atoms with Gasteiger partial charge < -0.3 is 9.30 Å². The molecule has 1 aromatic carbocycles. The minimum Gasteiger partial charge on any atom is -0.374 e. The molecule has 0 atom stereocenters. The van der Waals surface area contributed by atoms with Gasteiger partial charge in [0.2, 0.25) is 0 Å². The molecule has 0 aliphatic carbocycles. The molecule has 0 aliphatic rings. The van der Waals surface area contributed by atoms with Crippen LogP contribution in [-0.4, -0.2) is 16.2 Å². The normalized spacial score (nSPS) is 11.1. The van der Waals surface area contributed by atoms with Crippen molar-refractivity contribution in [3.63, 3.8) is 0 Å². The highest BCUT2D eigenvalue weighted by molar-refractivity contribution is 5.77. The minimum absolute atomic E-state index is 0.318.